The Hall–Kier alpha value is -1.81. The summed E-state index contributed by atoms with van der Waals surface area (Å²) in [5.41, 5.74) is 2.26. The highest BCUT2D eigenvalue weighted by molar-refractivity contribution is 5.28. The van der Waals surface area contributed by atoms with Crippen LogP contribution >= 0.6 is 0 Å². The Morgan fingerprint density at radius 3 is 2.90 bits per heavy atom. The lowest BCUT2D eigenvalue weighted by atomic mass is 10.1. The average molecular weight is 274 g/mol. The minimum atomic E-state index is 0.429. The largest absolute Gasteiger partial charge is 0.497 e. The third-order valence-corrected chi connectivity index (χ3v) is 3.31. The molecule has 0 bridgehead atoms. The minimum Gasteiger partial charge on any atom is -0.497 e. The first-order valence-electron chi connectivity index (χ1n) is 6.96. The topological polar surface area (TPSA) is 47.3 Å². The van der Waals surface area contributed by atoms with Gasteiger partial charge in [-0.15, -0.1) is 0 Å². The Balaban J connectivity index is 1.75. The Morgan fingerprint density at radius 1 is 1.35 bits per heavy atom. The molecule has 0 spiro atoms. The maximum Gasteiger partial charge on any atom is 0.133 e. The molecule has 2 aromatic rings. The quantitative estimate of drug-likeness (QED) is 0.842. The molecular weight excluding hydrogens is 252 g/mol. The van der Waals surface area contributed by atoms with Crippen LogP contribution in [0.3, 0.4) is 0 Å². The number of aromatic nitrogens is 1. The van der Waals surface area contributed by atoms with Gasteiger partial charge in [0.1, 0.15) is 11.5 Å². The van der Waals surface area contributed by atoms with Crippen LogP contribution in [0.2, 0.25) is 0 Å². The number of hydrogen-bond donors (Lipinski definition) is 1. The van der Waals surface area contributed by atoms with Crippen LogP contribution in [0.1, 0.15) is 30.4 Å². The Bertz CT molecular complexity index is 537. The first-order valence-corrected chi connectivity index (χ1v) is 6.96. The highest BCUT2D eigenvalue weighted by atomic mass is 16.5. The van der Waals surface area contributed by atoms with Crippen LogP contribution in [0, 0.1) is 6.92 Å². The third kappa shape index (κ3) is 4.38. The molecule has 1 aromatic heterocycles. The molecule has 0 amide bonds. The van der Waals surface area contributed by atoms with E-state index in [1.807, 2.05) is 25.1 Å². The lowest BCUT2D eigenvalue weighted by Gasteiger charge is -2.13. The SMILES string of the molecule is COc1cccc(CCC(C)NCc2cc(C)on2)c1. The molecule has 4 heteroatoms. The van der Waals surface area contributed by atoms with Crippen LogP contribution in [0.4, 0.5) is 0 Å². The molecule has 2 rings (SSSR count). The summed E-state index contributed by atoms with van der Waals surface area (Å²) in [6, 6.07) is 10.6. The van der Waals surface area contributed by atoms with E-state index in [9.17, 15) is 0 Å². The number of nitrogens with one attached hydrogen (secondary N) is 1. The zero-order valence-electron chi connectivity index (χ0n) is 12.3. The summed E-state index contributed by atoms with van der Waals surface area (Å²) in [4.78, 5) is 0. The van der Waals surface area contributed by atoms with Crippen molar-refractivity contribution in [2.45, 2.75) is 39.3 Å². The van der Waals surface area contributed by atoms with Crippen molar-refractivity contribution >= 4 is 0 Å². The molecule has 0 radical (unpaired) electrons. The second-order valence-electron chi connectivity index (χ2n) is 5.10. The summed E-state index contributed by atoms with van der Waals surface area (Å²) in [7, 11) is 1.70. The summed E-state index contributed by atoms with van der Waals surface area (Å²) in [6.45, 7) is 4.84. The molecule has 1 aromatic carbocycles. The first kappa shape index (κ1) is 14.6. The van der Waals surface area contributed by atoms with Crippen LogP contribution in [0.25, 0.3) is 0 Å². The summed E-state index contributed by atoms with van der Waals surface area (Å²) in [5, 5.41) is 7.43. The van der Waals surface area contributed by atoms with Crippen molar-refractivity contribution in [1.29, 1.82) is 0 Å². The van der Waals surface area contributed by atoms with E-state index in [1.165, 1.54) is 5.56 Å². The molecule has 108 valence electrons. The fourth-order valence-corrected chi connectivity index (χ4v) is 2.09. The van der Waals surface area contributed by atoms with Crippen LogP contribution in [-0.4, -0.2) is 18.3 Å². The smallest absolute Gasteiger partial charge is 0.133 e. The van der Waals surface area contributed by atoms with Gasteiger partial charge in [0.2, 0.25) is 0 Å². The van der Waals surface area contributed by atoms with E-state index in [0.29, 0.717) is 6.04 Å². The minimum absolute atomic E-state index is 0.429. The summed E-state index contributed by atoms with van der Waals surface area (Å²) >= 11 is 0. The van der Waals surface area contributed by atoms with Crippen molar-refractivity contribution < 1.29 is 9.26 Å². The van der Waals surface area contributed by atoms with E-state index >= 15 is 0 Å². The second-order valence-corrected chi connectivity index (χ2v) is 5.10. The molecule has 0 aliphatic heterocycles. The standard InChI is InChI=1S/C16H22N2O2/c1-12(17-11-15-9-13(2)20-18-15)7-8-14-5-4-6-16(10-14)19-3/h4-6,9-10,12,17H,7-8,11H2,1-3H3. The summed E-state index contributed by atoms with van der Waals surface area (Å²) < 4.78 is 10.3. The molecule has 1 atom stereocenters. The molecule has 1 N–H and O–H groups in total. The fraction of sp³-hybridized carbons (Fsp3) is 0.438. The molecule has 4 nitrogen and oxygen atoms in total. The van der Waals surface area contributed by atoms with Gasteiger partial charge in [0.15, 0.2) is 0 Å². The monoisotopic (exact) mass is 274 g/mol. The number of methoxy groups -OCH3 is 1. The van der Waals surface area contributed by atoms with Gasteiger partial charge in [0.25, 0.3) is 0 Å². The number of rotatable bonds is 7. The van der Waals surface area contributed by atoms with Gasteiger partial charge in [-0.1, -0.05) is 17.3 Å². The van der Waals surface area contributed by atoms with E-state index in [-0.39, 0.29) is 0 Å². The van der Waals surface area contributed by atoms with Gasteiger partial charge in [-0.25, -0.2) is 0 Å². The molecule has 0 fully saturated rings. The summed E-state index contributed by atoms with van der Waals surface area (Å²) in [5.74, 6) is 1.77. The van der Waals surface area contributed by atoms with Crippen molar-refractivity contribution in [3.05, 3.63) is 47.3 Å². The van der Waals surface area contributed by atoms with Crippen molar-refractivity contribution in [3.8, 4) is 5.75 Å². The highest BCUT2D eigenvalue weighted by Gasteiger charge is 2.05. The van der Waals surface area contributed by atoms with Gasteiger partial charge in [-0.3, -0.25) is 0 Å². The Morgan fingerprint density at radius 2 is 2.20 bits per heavy atom. The highest BCUT2D eigenvalue weighted by Crippen LogP contribution is 2.14. The predicted octanol–water partition coefficient (Wildman–Crippen LogP) is 3.10. The molecule has 1 unspecified atom stereocenters. The summed E-state index contributed by atoms with van der Waals surface area (Å²) in [6.07, 6.45) is 2.10. The number of nitrogens with zero attached hydrogens (tertiary/aromatic N) is 1. The first-order chi connectivity index (χ1) is 9.67. The number of hydrogen-bond acceptors (Lipinski definition) is 4. The van der Waals surface area contributed by atoms with Crippen LogP contribution in [0.15, 0.2) is 34.9 Å². The number of benzene rings is 1. The fourth-order valence-electron chi connectivity index (χ4n) is 2.09. The Labute approximate surface area is 120 Å². The third-order valence-electron chi connectivity index (χ3n) is 3.31. The molecule has 0 saturated carbocycles. The van der Waals surface area contributed by atoms with Gasteiger partial charge >= 0.3 is 0 Å². The van der Waals surface area contributed by atoms with E-state index in [0.717, 1.165) is 36.6 Å². The molecule has 1 heterocycles. The van der Waals surface area contributed by atoms with Crippen LogP contribution in [-0.2, 0) is 13.0 Å². The van der Waals surface area contributed by atoms with Crippen LogP contribution < -0.4 is 10.1 Å². The van der Waals surface area contributed by atoms with Crippen molar-refractivity contribution in [1.82, 2.24) is 10.5 Å². The van der Waals surface area contributed by atoms with E-state index in [4.69, 9.17) is 9.26 Å². The maximum atomic E-state index is 5.23. The molecule has 0 aliphatic carbocycles. The van der Waals surface area contributed by atoms with E-state index in [2.05, 4.69) is 29.5 Å². The molecule has 0 saturated heterocycles. The predicted molar refractivity (Wildman–Crippen MR) is 78.9 cm³/mol. The lowest BCUT2D eigenvalue weighted by Crippen LogP contribution is -2.26. The molecule has 0 aliphatic rings. The number of ether oxygens (including phenoxy) is 1. The second kappa shape index (κ2) is 7.10. The van der Waals surface area contributed by atoms with Gasteiger partial charge < -0.3 is 14.6 Å². The van der Waals surface area contributed by atoms with Gasteiger partial charge in [-0.05, 0) is 44.4 Å². The zero-order chi connectivity index (χ0) is 14.4. The van der Waals surface area contributed by atoms with Gasteiger partial charge in [0.05, 0.1) is 12.8 Å². The lowest BCUT2D eigenvalue weighted by molar-refractivity contribution is 0.385. The van der Waals surface area contributed by atoms with Crippen molar-refractivity contribution in [2.24, 2.45) is 0 Å². The zero-order valence-corrected chi connectivity index (χ0v) is 12.3. The molecular formula is C16H22N2O2. The molecule has 20 heavy (non-hydrogen) atoms. The normalized spacial score (nSPS) is 12.3. The van der Waals surface area contributed by atoms with E-state index < -0.39 is 0 Å². The average Bonchev–Trinajstić information content (AvgIpc) is 2.89. The van der Waals surface area contributed by atoms with Crippen LogP contribution in [0.5, 0.6) is 5.75 Å². The van der Waals surface area contributed by atoms with Gasteiger partial charge in [0, 0.05) is 18.7 Å². The number of aryl methyl sites for hydroxylation is 2. The Kier molecular flexibility index (Phi) is 5.18. The van der Waals surface area contributed by atoms with Crippen molar-refractivity contribution in [2.75, 3.05) is 7.11 Å². The van der Waals surface area contributed by atoms with Crippen molar-refractivity contribution in [3.63, 3.8) is 0 Å². The van der Waals surface area contributed by atoms with E-state index in [1.54, 1.807) is 7.11 Å². The maximum absolute atomic E-state index is 5.23. The van der Waals surface area contributed by atoms with Gasteiger partial charge in [-0.2, -0.15) is 0 Å².